The van der Waals surface area contributed by atoms with Crippen LogP contribution in [0.3, 0.4) is 0 Å². The summed E-state index contributed by atoms with van der Waals surface area (Å²) in [5.74, 6) is 1.94. The van der Waals surface area contributed by atoms with E-state index < -0.39 is 0 Å². The van der Waals surface area contributed by atoms with Crippen LogP contribution in [0.15, 0.2) is 0 Å². The fourth-order valence-electron chi connectivity index (χ4n) is 2.51. The third kappa shape index (κ3) is 2.71. The van der Waals surface area contributed by atoms with Crippen LogP contribution in [0.1, 0.15) is 26.7 Å². The molecule has 2 rings (SSSR count). The van der Waals surface area contributed by atoms with Gasteiger partial charge in [-0.1, -0.05) is 13.8 Å². The molecular weight excluding hydrogens is 188 g/mol. The minimum atomic E-state index is 0.341. The number of nitrogens with zero attached hydrogens (tertiary/aromatic N) is 2. The first-order valence-corrected chi connectivity index (χ1v) is 6.15. The fraction of sp³-hybridized carbons (Fsp3) is 0.917. The van der Waals surface area contributed by atoms with E-state index in [0.717, 1.165) is 38.0 Å². The van der Waals surface area contributed by atoms with E-state index in [1.807, 2.05) is 4.90 Å². The fourth-order valence-corrected chi connectivity index (χ4v) is 2.51. The average molecular weight is 210 g/mol. The summed E-state index contributed by atoms with van der Waals surface area (Å²) in [4.78, 5) is 16.2. The van der Waals surface area contributed by atoms with Gasteiger partial charge in [-0.3, -0.25) is 9.69 Å². The summed E-state index contributed by atoms with van der Waals surface area (Å²) in [5.41, 5.74) is 0. The number of hydrogen-bond acceptors (Lipinski definition) is 2. The average Bonchev–Trinajstić information content (AvgIpc) is 2.16. The Hall–Kier alpha value is -0.570. The number of carbonyl (C=O) groups is 1. The van der Waals surface area contributed by atoms with Crippen molar-refractivity contribution in [1.29, 1.82) is 0 Å². The molecule has 0 aromatic heterocycles. The van der Waals surface area contributed by atoms with Crippen LogP contribution in [0.25, 0.3) is 0 Å². The van der Waals surface area contributed by atoms with Crippen LogP contribution in [-0.2, 0) is 4.79 Å². The molecule has 3 nitrogen and oxygen atoms in total. The molecular formula is C12H22N2O. The molecule has 1 amide bonds. The maximum absolute atomic E-state index is 11.9. The Morgan fingerprint density at radius 1 is 1.13 bits per heavy atom. The highest BCUT2D eigenvalue weighted by Gasteiger charge is 2.27. The van der Waals surface area contributed by atoms with Gasteiger partial charge in [0.15, 0.2) is 0 Å². The van der Waals surface area contributed by atoms with Crippen molar-refractivity contribution in [2.75, 3.05) is 32.7 Å². The zero-order valence-corrected chi connectivity index (χ0v) is 9.91. The summed E-state index contributed by atoms with van der Waals surface area (Å²) in [7, 11) is 0. The summed E-state index contributed by atoms with van der Waals surface area (Å²) in [6.45, 7) is 9.33. The predicted octanol–water partition coefficient (Wildman–Crippen LogP) is 1.20. The number of likely N-dealkylation sites (tertiary alicyclic amines) is 2. The molecule has 0 aromatic carbocycles. The molecule has 3 heteroatoms. The van der Waals surface area contributed by atoms with Crippen molar-refractivity contribution in [1.82, 2.24) is 9.80 Å². The number of amides is 1. The van der Waals surface area contributed by atoms with Gasteiger partial charge < -0.3 is 4.90 Å². The van der Waals surface area contributed by atoms with Crippen molar-refractivity contribution >= 4 is 5.91 Å². The Kier molecular flexibility index (Phi) is 3.29. The second-order valence-corrected chi connectivity index (χ2v) is 5.36. The van der Waals surface area contributed by atoms with Crippen LogP contribution >= 0.6 is 0 Å². The second kappa shape index (κ2) is 4.52. The Balaban J connectivity index is 1.71. The molecule has 0 N–H and O–H groups in total. The molecule has 2 aliphatic heterocycles. The highest BCUT2D eigenvalue weighted by molar-refractivity contribution is 5.78. The molecule has 86 valence electrons. The van der Waals surface area contributed by atoms with Gasteiger partial charge >= 0.3 is 0 Å². The lowest BCUT2D eigenvalue weighted by molar-refractivity contribution is -0.135. The lowest BCUT2D eigenvalue weighted by Gasteiger charge is -2.39. The Morgan fingerprint density at radius 2 is 1.73 bits per heavy atom. The largest absolute Gasteiger partial charge is 0.342 e. The molecule has 0 spiro atoms. The standard InChI is InChI=1S/C12H22N2O/c1-10-3-5-14(6-4-10)12(15)9-13-7-11(2)8-13/h10-11H,3-9H2,1-2H3. The Labute approximate surface area is 92.4 Å². The van der Waals surface area contributed by atoms with Gasteiger partial charge in [-0.05, 0) is 24.7 Å². The van der Waals surface area contributed by atoms with Crippen molar-refractivity contribution in [3.8, 4) is 0 Å². The highest BCUT2D eigenvalue weighted by atomic mass is 16.2. The lowest BCUT2D eigenvalue weighted by atomic mass is 9.99. The summed E-state index contributed by atoms with van der Waals surface area (Å²) in [6, 6.07) is 0. The first-order chi connectivity index (χ1) is 7.15. The van der Waals surface area contributed by atoms with Crippen molar-refractivity contribution in [2.24, 2.45) is 11.8 Å². The molecule has 2 heterocycles. The molecule has 0 aliphatic carbocycles. The third-order valence-corrected chi connectivity index (χ3v) is 3.63. The van der Waals surface area contributed by atoms with E-state index in [4.69, 9.17) is 0 Å². The number of rotatable bonds is 2. The second-order valence-electron chi connectivity index (χ2n) is 5.36. The third-order valence-electron chi connectivity index (χ3n) is 3.63. The molecule has 15 heavy (non-hydrogen) atoms. The van der Waals surface area contributed by atoms with E-state index in [1.54, 1.807) is 0 Å². The number of hydrogen-bond donors (Lipinski definition) is 0. The van der Waals surface area contributed by atoms with Gasteiger partial charge in [0.2, 0.25) is 5.91 Å². The van der Waals surface area contributed by atoms with Crippen LogP contribution in [-0.4, -0.2) is 48.4 Å². The summed E-state index contributed by atoms with van der Waals surface area (Å²) in [6.07, 6.45) is 2.37. The van der Waals surface area contributed by atoms with E-state index in [9.17, 15) is 4.79 Å². The van der Waals surface area contributed by atoms with Gasteiger partial charge in [0.05, 0.1) is 6.54 Å². The molecule has 0 bridgehead atoms. The Bertz CT molecular complexity index is 228. The van der Waals surface area contributed by atoms with Gasteiger partial charge in [-0.2, -0.15) is 0 Å². The summed E-state index contributed by atoms with van der Waals surface area (Å²) >= 11 is 0. The molecule has 0 aromatic rings. The van der Waals surface area contributed by atoms with Crippen molar-refractivity contribution < 1.29 is 4.79 Å². The van der Waals surface area contributed by atoms with E-state index in [0.29, 0.717) is 12.5 Å². The van der Waals surface area contributed by atoms with Crippen LogP contribution in [0, 0.1) is 11.8 Å². The van der Waals surface area contributed by atoms with Gasteiger partial charge in [-0.25, -0.2) is 0 Å². The quantitative estimate of drug-likeness (QED) is 0.683. The van der Waals surface area contributed by atoms with Crippen molar-refractivity contribution in [3.63, 3.8) is 0 Å². The van der Waals surface area contributed by atoms with Gasteiger partial charge in [0, 0.05) is 26.2 Å². The maximum atomic E-state index is 11.9. The molecule has 0 atom stereocenters. The van der Waals surface area contributed by atoms with E-state index in [2.05, 4.69) is 18.7 Å². The number of carbonyl (C=O) groups excluding carboxylic acids is 1. The minimum absolute atomic E-state index is 0.341. The van der Waals surface area contributed by atoms with Gasteiger partial charge in [0.25, 0.3) is 0 Å². The van der Waals surface area contributed by atoms with E-state index >= 15 is 0 Å². The first-order valence-electron chi connectivity index (χ1n) is 6.15. The van der Waals surface area contributed by atoms with Gasteiger partial charge in [-0.15, -0.1) is 0 Å². The molecule has 0 saturated carbocycles. The van der Waals surface area contributed by atoms with Crippen molar-refractivity contribution in [2.45, 2.75) is 26.7 Å². The molecule has 2 fully saturated rings. The zero-order valence-electron chi connectivity index (χ0n) is 9.91. The lowest BCUT2D eigenvalue weighted by Crippen LogP contribution is -2.51. The zero-order chi connectivity index (χ0) is 10.8. The van der Waals surface area contributed by atoms with Crippen LogP contribution in [0.2, 0.25) is 0 Å². The normalized spacial score (nSPS) is 25.3. The summed E-state index contributed by atoms with van der Waals surface area (Å²) in [5, 5.41) is 0. The van der Waals surface area contributed by atoms with E-state index in [1.165, 1.54) is 12.8 Å². The van der Waals surface area contributed by atoms with Crippen LogP contribution in [0.5, 0.6) is 0 Å². The topological polar surface area (TPSA) is 23.6 Å². The van der Waals surface area contributed by atoms with Crippen molar-refractivity contribution in [3.05, 3.63) is 0 Å². The molecule has 0 radical (unpaired) electrons. The highest BCUT2D eigenvalue weighted by Crippen LogP contribution is 2.18. The Morgan fingerprint density at radius 3 is 2.27 bits per heavy atom. The molecule has 2 aliphatic rings. The molecule has 2 saturated heterocycles. The number of piperidine rings is 1. The summed E-state index contributed by atoms with van der Waals surface area (Å²) < 4.78 is 0. The van der Waals surface area contributed by atoms with Gasteiger partial charge in [0.1, 0.15) is 0 Å². The monoisotopic (exact) mass is 210 g/mol. The smallest absolute Gasteiger partial charge is 0.236 e. The van der Waals surface area contributed by atoms with E-state index in [-0.39, 0.29) is 0 Å². The first kappa shape index (κ1) is 10.9. The van der Waals surface area contributed by atoms with Crippen LogP contribution in [0.4, 0.5) is 0 Å². The molecule has 0 unspecified atom stereocenters. The SMILES string of the molecule is CC1CCN(C(=O)CN2CC(C)C2)CC1. The predicted molar refractivity (Wildman–Crippen MR) is 60.6 cm³/mol. The minimum Gasteiger partial charge on any atom is -0.342 e. The maximum Gasteiger partial charge on any atom is 0.236 e. The van der Waals surface area contributed by atoms with Crippen LogP contribution < -0.4 is 0 Å².